The number of carbonyl (C=O) groups excluding carboxylic acids is 4. The van der Waals surface area contributed by atoms with Gasteiger partial charge >= 0.3 is 23.9 Å². The summed E-state index contributed by atoms with van der Waals surface area (Å²) >= 11 is 1.25. The molecule has 16 unspecified atom stereocenters. The van der Waals surface area contributed by atoms with Crippen LogP contribution in [0, 0.1) is 13.8 Å². The van der Waals surface area contributed by atoms with Crippen LogP contribution >= 0.6 is 11.8 Å². The Labute approximate surface area is 733 Å². The third-order valence-corrected chi connectivity index (χ3v) is 28.5. The van der Waals surface area contributed by atoms with Crippen molar-refractivity contribution in [3.8, 4) is 46.0 Å². The van der Waals surface area contributed by atoms with Crippen molar-refractivity contribution in [1.29, 1.82) is 0 Å². The van der Waals surface area contributed by atoms with Crippen LogP contribution in [0.15, 0.2) is 197 Å². The number of aliphatic hydroxyl groups excluding tert-OH is 4. The van der Waals surface area contributed by atoms with Gasteiger partial charge in [0.25, 0.3) is 0 Å². The van der Waals surface area contributed by atoms with E-state index in [-0.39, 0.29) is 111 Å². The van der Waals surface area contributed by atoms with Gasteiger partial charge in [0.15, 0.2) is 51.2 Å². The molecule has 4 saturated heterocycles. The van der Waals surface area contributed by atoms with Crippen molar-refractivity contribution in [3.63, 3.8) is 0 Å². The standard InChI is InChI=1S/C26H27NO5.C25H25NO5.C24H25N3O5S.C24H23NO5/c28-20-11-17-9-10-27-14-18-12-21-22(31-15-30-21)13-19(18)24(25(17)27)26(20)32-23(29)8-4-7-16-5-2-1-3-6-16;27-19-10-16-8-9-26-13-17-11-20-21(30-14-29-20)12-18(17)23(24(16)26)25(19)31-22(28)7-6-15-4-2-1-3-5-15;1-12-5-13(2)26-24(25-12)33-10-20(29)32-23-17(28)6-14-3-4-27-9-15-7-18-19(31-11-30-18)8-16(15)21(23)22(14)27;26-18-9-15-6-7-25-12-16-10-19-20(29-13-28-19)11-17(16)22(23(15)25)24(18)30-21(27)8-14-4-2-1-3-5-14/h1-3,5-6,11-13,20,24-26,28H,4,7-10,14-15H2;1-5,10-12,19,23-25,27H,6-9,13-14H2;5-8,17,21-23,28H,3-4,9-11H2,1-2H3;1-5,9-11,18,22-24,26H,6-8,12-13H2. The molecule has 1 aromatic heterocycles. The molecule has 126 heavy (non-hydrogen) atoms. The molecule has 0 amide bonds. The fourth-order valence-corrected chi connectivity index (χ4v) is 23.0. The summed E-state index contributed by atoms with van der Waals surface area (Å²) in [6, 6.07) is 48.3. The fraction of sp³-hybridized carbons (Fsp3) is 0.414. The van der Waals surface area contributed by atoms with Crippen molar-refractivity contribution in [2.24, 2.45) is 0 Å². The number of benzene rings is 7. The number of hydrogen-bond acceptors (Lipinski definition) is 27. The highest BCUT2D eigenvalue weighted by molar-refractivity contribution is 7.99. The SMILES string of the molecule is Cc1cc(C)nc(SCC(=O)OC2C(O)C=C3CCN4Cc5cc6c(cc5C2C34)OCO6)n1.O=C(CCCc1ccccc1)OC1C(O)C=C2CCN3Cc4cc5c(cc4C1C23)OCO5.O=C(CCc1ccccc1)OC1C(O)C=C2CCN3Cc4cc5c(cc4C1C23)OCO5.O=C(Cc1ccccc1)OC1C(O)C=C2CCN3Cc4cc5c(cc4C1C23)OCO5. The van der Waals surface area contributed by atoms with Crippen molar-refractivity contribution >= 4 is 35.6 Å². The van der Waals surface area contributed by atoms with Gasteiger partial charge in [0.2, 0.25) is 27.2 Å². The highest BCUT2D eigenvalue weighted by Crippen LogP contribution is 2.56. The van der Waals surface area contributed by atoms with Crippen molar-refractivity contribution in [2.45, 2.75) is 206 Å². The minimum Gasteiger partial charge on any atom is -0.459 e. The quantitative estimate of drug-likeness (QED) is 0.0230. The van der Waals surface area contributed by atoms with E-state index in [1.54, 1.807) is 0 Å². The number of esters is 4. The molecule has 4 aliphatic carbocycles. The second kappa shape index (κ2) is 34.6. The molecular weight excluding hydrogens is 1630 g/mol. The van der Waals surface area contributed by atoms with Gasteiger partial charge in [0.1, 0.15) is 48.8 Å². The lowest BCUT2D eigenvalue weighted by molar-refractivity contribution is -0.158. The first-order chi connectivity index (χ1) is 61.5. The van der Waals surface area contributed by atoms with Crippen molar-refractivity contribution in [2.75, 3.05) is 59.1 Å². The molecule has 24 rings (SSSR count). The van der Waals surface area contributed by atoms with Crippen molar-refractivity contribution in [1.82, 2.24) is 29.6 Å². The average Bonchev–Trinajstić information content (AvgIpc) is 1.54. The number of thioether (sulfide) groups is 1. The Bertz CT molecular complexity index is 5680. The predicted molar refractivity (Wildman–Crippen MR) is 459 cm³/mol. The molecule has 27 heteroatoms. The molecule has 16 aliphatic rings. The lowest BCUT2D eigenvalue weighted by Gasteiger charge is -2.45. The summed E-state index contributed by atoms with van der Waals surface area (Å²) in [7, 11) is 0. The summed E-state index contributed by atoms with van der Waals surface area (Å²) in [5, 5.41) is 44.4. The minimum atomic E-state index is -0.857. The third-order valence-electron chi connectivity index (χ3n) is 27.7. The van der Waals surface area contributed by atoms with Gasteiger partial charge in [-0.05, 0) is 175 Å². The Kier molecular flexibility index (Phi) is 22.5. The van der Waals surface area contributed by atoms with Gasteiger partial charge in [-0.25, -0.2) is 9.97 Å². The zero-order chi connectivity index (χ0) is 85.5. The van der Waals surface area contributed by atoms with E-state index < -0.39 is 48.8 Å². The molecule has 0 spiro atoms. The maximum Gasteiger partial charge on any atom is 0.316 e. The average molecular weight is 1730 g/mol. The number of aryl methyl sites for hydroxylation is 4. The zero-order valence-corrected chi connectivity index (χ0v) is 70.9. The molecule has 26 nitrogen and oxygen atoms in total. The van der Waals surface area contributed by atoms with Gasteiger partial charge < -0.3 is 77.3 Å². The van der Waals surface area contributed by atoms with Crippen LogP contribution in [0.4, 0.5) is 0 Å². The van der Waals surface area contributed by atoms with E-state index in [9.17, 15) is 39.6 Å². The zero-order valence-electron chi connectivity index (χ0n) is 70.1. The Morgan fingerprint density at radius 1 is 0.373 bits per heavy atom. The van der Waals surface area contributed by atoms with E-state index in [2.05, 4.69) is 47.8 Å². The van der Waals surface area contributed by atoms with E-state index in [4.69, 9.17) is 56.8 Å². The lowest BCUT2D eigenvalue weighted by Crippen LogP contribution is -2.51. The van der Waals surface area contributed by atoms with Crippen LogP contribution in [0.1, 0.15) is 141 Å². The Balaban J connectivity index is 0.000000103. The maximum atomic E-state index is 12.9. The highest BCUT2D eigenvalue weighted by Gasteiger charge is 2.56. The molecule has 0 saturated carbocycles. The molecule has 4 N–H and O–H groups in total. The van der Waals surface area contributed by atoms with Gasteiger partial charge in [0, 0.05) is 124 Å². The van der Waals surface area contributed by atoms with Crippen LogP contribution in [0.2, 0.25) is 0 Å². The molecule has 12 aliphatic heterocycles. The Hall–Kier alpha value is -11.1. The van der Waals surface area contributed by atoms with Crippen LogP contribution in [-0.2, 0) is 83.6 Å². The van der Waals surface area contributed by atoms with Crippen molar-refractivity contribution < 1.29 is 96.4 Å². The second-order valence-electron chi connectivity index (χ2n) is 35.3. The predicted octanol–water partition coefficient (Wildman–Crippen LogP) is 11.3. The van der Waals surface area contributed by atoms with E-state index in [0.29, 0.717) is 30.2 Å². The Morgan fingerprint density at radius 2 is 0.675 bits per heavy atom. The van der Waals surface area contributed by atoms with Crippen LogP contribution in [0.5, 0.6) is 46.0 Å². The molecule has 8 aromatic rings. The first kappa shape index (κ1) is 81.9. The Morgan fingerprint density at radius 3 is 1.02 bits per heavy atom. The van der Waals surface area contributed by atoms with E-state index in [1.807, 2.05) is 166 Å². The summed E-state index contributed by atoms with van der Waals surface area (Å²) in [5.74, 6) is 4.26. The van der Waals surface area contributed by atoms with Gasteiger partial charge in [-0.15, -0.1) is 0 Å². The fourth-order valence-electron chi connectivity index (χ4n) is 22.3. The number of carbonyl (C=O) groups is 4. The van der Waals surface area contributed by atoms with E-state index in [0.717, 1.165) is 198 Å². The summed E-state index contributed by atoms with van der Waals surface area (Å²) < 4.78 is 68.7. The number of rotatable bonds is 16. The number of ether oxygens (including phenoxy) is 12. The van der Waals surface area contributed by atoms with Crippen molar-refractivity contribution in [3.05, 3.63) is 265 Å². The summed E-state index contributed by atoms with van der Waals surface area (Å²) in [5.41, 5.74) is 18.9. The van der Waals surface area contributed by atoms with E-state index >= 15 is 0 Å². The first-order valence-corrected chi connectivity index (χ1v) is 45.0. The van der Waals surface area contributed by atoms with Gasteiger partial charge in [-0.1, -0.05) is 149 Å². The van der Waals surface area contributed by atoms with Crippen LogP contribution in [0.3, 0.4) is 0 Å². The number of aliphatic hydroxyl groups is 4. The number of fused-ring (bicyclic) bond motifs is 12. The number of hydrogen-bond donors (Lipinski definition) is 4. The highest BCUT2D eigenvalue weighted by atomic mass is 32.2. The summed E-state index contributed by atoms with van der Waals surface area (Å²) in [6.45, 7) is 11.7. The molecule has 13 heterocycles. The second-order valence-corrected chi connectivity index (χ2v) is 36.3. The molecule has 652 valence electrons. The van der Waals surface area contributed by atoms with Gasteiger partial charge in [0.05, 0.1) is 12.2 Å². The molecule has 0 radical (unpaired) electrons. The molecule has 4 fully saturated rings. The molecule has 16 atom stereocenters. The van der Waals surface area contributed by atoms with E-state index in [1.165, 1.54) is 39.6 Å². The topological polar surface area (TPSA) is 299 Å². The monoisotopic (exact) mass is 1720 g/mol. The third kappa shape index (κ3) is 16.0. The smallest absolute Gasteiger partial charge is 0.316 e. The van der Waals surface area contributed by atoms with Crippen LogP contribution in [0.25, 0.3) is 0 Å². The van der Waals surface area contributed by atoms with Gasteiger partial charge in [-0.3, -0.25) is 38.8 Å². The largest absolute Gasteiger partial charge is 0.459 e. The lowest BCUT2D eigenvalue weighted by atomic mass is 9.73. The molecular formula is C99H100N6O20S. The molecule has 7 aromatic carbocycles. The number of nitrogens with zero attached hydrogens (tertiary/aromatic N) is 6. The van der Waals surface area contributed by atoms with Gasteiger partial charge in [-0.2, -0.15) is 0 Å². The summed E-state index contributed by atoms with van der Waals surface area (Å²) in [4.78, 5) is 69.6. The van der Waals surface area contributed by atoms with Crippen LogP contribution in [-0.4, -0.2) is 206 Å². The first-order valence-electron chi connectivity index (χ1n) is 44.0. The summed E-state index contributed by atoms with van der Waals surface area (Å²) in [6.07, 6.45) is 8.53. The maximum absolute atomic E-state index is 12.9. The molecule has 0 bridgehead atoms. The van der Waals surface area contributed by atoms with Crippen LogP contribution < -0.4 is 37.9 Å². The number of aromatic nitrogens is 2. The normalized spacial score (nSPS) is 27.7. The minimum absolute atomic E-state index is 0.0811.